The first-order valence-corrected chi connectivity index (χ1v) is 15.1. The summed E-state index contributed by atoms with van der Waals surface area (Å²) in [5.74, 6) is 1.66. The summed E-state index contributed by atoms with van der Waals surface area (Å²) in [5, 5.41) is 0.945. The Hall–Kier alpha value is -4.77. The molecule has 0 N–H and O–H groups in total. The Morgan fingerprint density at radius 3 is 2.20 bits per heavy atom. The van der Waals surface area contributed by atoms with E-state index in [1.807, 2.05) is 72.9 Å². The van der Waals surface area contributed by atoms with Crippen molar-refractivity contribution in [2.45, 2.75) is 27.7 Å². The van der Waals surface area contributed by atoms with E-state index in [-0.39, 0.29) is 26.8 Å². The minimum atomic E-state index is -0.0369. The first-order valence-electron chi connectivity index (χ1n) is 15.1. The fourth-order valence-electron chi connectivity index (χ4n) is 6.01. The van der Waals surface area contributed by atoms with Crippen molar-refractivity contribution < 1.29 is 29.3 Å². The summed E-state index contributed by atoms with van der Waals surface area (Å²) in [5.41, 5.74) is 12.7. The van der Waals surface area contributed by atoms with Crippen LogP contribution in [0.15, 0.2) is 120 Å². The van der Waals surface area contributed by atoms with Crippen molar-refractivity contribution in [2.24, 2.45) is 0 Å². The van der Waals surface area contributed by atoms with E-state index >= 15 is 0 Å². The molecular formula is C40H31BIrN2O2-2. The van der Waals surface area contributed by atoms with Crippen molar-refractivity contribution in [3.63, 3.8) is 0 Å². The van der Waals surface area contributed by atoms with Crippen molar-refractivity contribution in [3.05, 3.63) is 150 Å². The third kappa shape index (κ3) is 5.82. The monoisotopic (exact) mass is 775 g/mol. The number of fused-ring (bicyclic) bond motifs is 4. The summed E-state index contributed by atoms with van der Waals surface area (Å²) >= 11 is 0. The van der Waals surface area contributed by atoms with E-state index in [4.69, 9.17) is 9.15 Å². The molecule has 1 aliphatic rings. The Bertz CT molecular complexity index is 2120. The number of benzene rings is 4. The molecule has 0 saturated heterocycles. The predicted octanol–water partition coefficient (Wildman–Crippen LogP) is 7.70. The van der Waals surface area contributed by atoms with E-state index in [9.17, 15) is 0 Å². The van der Waals surface area contributed by atoms with Crippen LogP contribution in [0.2, 0.25) is 0 Å². The summed E-state index contributed by atoms with van der Waals surface area (Å²) in [7, 11) is 0. The summed E-state index contributed by atoms with van der Waals surface area (Å²) < 4.78 is 13.0. The largest absolute Gasteiger partial charge is 0.510 e. The van der Waals surface area contributed by atoms with Gasteiger partial charge in [0.15, 0.2) is 0 Å². The van der Waals surface area contributed by atoms with Crippen LogP contribution in [-0.2, 0) is 20.1 Å². The number of aryl methyl sites for hydroxylation is 4. The molecule has 0 spiro atoms. The van der Waals surface area contributed by atoms with Gasteiger partial charge in [-0.3, -0.25) is 0 Å². The Kier molecular flexibility index (Phi) is 9.03. The molecule has 0 amide bonds. The van der Waals surface area contributed by atoms with Crippen LogP contribution in [0, 0.1) is 39.8 Å². The van der Waals surface area contributed by atoms with Crippen LogP contribution in [-0.4, -0.2) is 16.7 Å². The van der Waals surface area contributed by atoms with Crippen LogP contribution < -0.4 is 21.3 Å². The van der Waals surface area contributed by atoms with Crippen molar-refractivity contribution in [1.82, 2.24) is 9.97 Å². The van der Waals surface area contributed by atoms with Gasteiger partial charge in [-0.05, 0) is 67.6 Å². The molecular weight excluding hydrogens is 743 g/mol. The molecule has 0 atom stereocenters. The molecule has 46 heavy (non-hydrogen) atoms. The molecule has 0 bridgehead atoms. The second-order valence-electron chi connectivity index (χ2n) is 11.4. The van der Waals surface area contributed by atoms with Gasteiger partial charge in [0.05, 0.1) is 5.58 Å². The second-order valence-corrected chi connectivity index (χ2v) is 11.4. The van der Waals surface area contributed by atoms with Crippen LogP contribution in [0.1, 0.15) is 22.3 Å². The number of rotatable bonds is 3. The molecule has 4 nitrogen and oxygen atoms in total. The maximum atomic E-state index is 6.61. The Labute approximate surface area is 284 Å². The standard InChI is InChI=1S/C27H19BNO2.C13H12N.Ir/c1-17-9-7-10-18(2)24(17)28-21-13-3-4-15-23(21)30-26-20-12-8-11-19(25(20)31-27(26)28)22-14-5-6-16-29-22;1-10-8-13(14-9-11(10)2)12-6-4-3-5-7-12;/h3-10,12-16H,1-2H3;3-6,8-9H,1-2H3;/q2*-1;. The van der Waals surface area contributed by atoms with Gasteiger partial charge in [0.2, 0.25) is 0 Å². The third-order valence-corrected chi connectivity index (χ3v) is 8.44. The van der Waals surface area contributed by atoms with E-state index < -0.39 is 0 Å². The topological polar surface area (TPSA) is 48.2 Å². The SMILES string of the molecule is Cc1cccc(C)c1B1c2ccccc2Oc2c1oc1c(-c3ccccn3)[c-]ccc21.Cc1cnc(-c2[c-]cccc2)cc1C.[Ir]. The molecule has 1 radical (unpaired) electrons. The second kappa shape index (κ2) is 13.3. The van der Waals surface area contributed by atoms with Gasteiger partial charge in [-0.1, -0.05) is 82.3 Å². The predicted molar refractivity (Wildman–Crippen MR) is 183 cm³/mol. The van der Waals surface area contributed by atoms with Crippen molar-refractivity contribution in [1.29, 1.82) is 0 Å². The Morgan fingerprint density at radius 2 is 1.46 bits per heavy atom. The van der Waals surface area contributed by atoms with Gasteiger partial charge in [-0.2, -0.15) is 0 Å². The van der Waals surface area contributed by atoms with Gasteiger partial charge in [0.1, 0.15) is 17.2 Å². The number of nitrogens with zero attached hydrogens (tertiary/aromatic N) is 2. The van der Waals surface area contributed by atoms with Gasteiger partial charge < -0.3 is 19.1 Å². The summed E-state index contributed by atoms with van der Waals surface area (Å²) in [6.07, 6.45) is 3.70. The molecule has 0 fully saturated rings. The number of furan rings is 1. The number of hydrogen-bond donors (Lipinski definition) is 0. The molecule has 0 unspecified atom stereocenters. The first kappa shape index (κ1) is 31.2. The third-order valence-electron chi connectivity index (χ3n) is 8.44. The molecule has 227 valence electrons. The van der Waals surface area contributed by atoms with Gasteiger partial charge in [0.25, 0.3) is 6.71 Å². The zero-order chi connectivity index (χ0) is 30.9. The van der Waals surface area contributed by atoms with Crippen LogP contribution in [0.3, 0.4) is 0 Å². The zero-order valence-corrected chi connectivity index (χ0v) is 28.5. The number of pyridine rings is 2. The van der Waals surface area contributed by atoms with Gasteiger partial charge in [-0.25, -0.2) is 0 Å². The maximum absolute atomic E-state index is 6.61. The smallest absolute Gasteiger partial charge is 0.295 e. The molecule has 0 aliphatic carbocycles. The van der Waals surface area contributed by atoms with Crippen molar-refractivity contribution >= 4 is 34.3 Å². The summed E-state index contributed by atoms with van der Waals surface area (Å²) in [6, 6.07) is 41.0. The molecule has 7 aromatic rings. The van der Waals surface area contributed by atoms with E-state index in [0.29, 0.717) is 0 Å². The van der Waals surface area contributed by atoms with Gasteiger partial charge >= 0.3 is 0 Å². The summed E-state index contributed by atoms with van der Waals surface area (Å²) in [4.78, 5) is 8.90. The molecule has 3 aromatic heterocycles. The Morgan fingerprint density at radius 1 is 0.674 bits per heavy atom. The quantitative estimate of drug-likeness (QED) is 0.137. The fraction of sp³-hybridized carbons (Fsp3) is 0.100. The van der Waals surface area contributed by atoms with Crippen molar-refractivity contribution in [2.75, 3.05) is 0 Å². The van der Waals surface area contributed by atoms with E-state index in [1.54, 1.807) is 6.20 Å². The summed E-state index contributed by atoms with van der Waals surface area (Å²) in [6.45, 7) is 8.46. The van der Waals surface area contributed by atoms with Crippen LogP contribution in [0.25, 0.3) is 33.5 Å². The van der Waals surface area contributed by atoms with E-state index in [1.165, 1.54) is 27.7 Å². The molecule has 8 rings (SSSR count). The maximum Gasteiger partial charge on any atom is 0.295 e. The van der Waals surface area contributed by atoms with E-state index in [0.717, 1.165) is 56.1 Å². The first-order chi connectivity index (χ1) is 22.0. The molecule has 4 heterocycles. The molecule has 1 aliphatic heterocycles. The van der Waals surface area contributed by atoms with Crippen LogP contribution in [0.4, 0.5) is 0 Å². The minimum absolute atomic E-state index is 0. The van der Waals surface area contributed by atoms with Gasteiger partial charge in [-0.15, -0.1) is 54.1 Å². The molecule has 6 heteroatoms. The van der Waals surface area contributed by atoms with Crippen molar-refractivity contribution in [3.8, 4) is 34.0 Å². The van der Waals surface area contributed by atoms with Crippen LogP contribution >= 0.6 is 0 Å². The Balaban J connectivity index is 0.000000209. The average Bonchev–Trinajstić information content (AvgIpc) is 3.45. The minimum Gasteiger partial charge on any atom is -0.510 e. The average molecular weight is 775 g/mol. The zero-order valence-electron chi connectivity index (χ0n) is 26.1. The molecule has 0 saturated carbocycles. The van der Waals surface area contributed by atoms with E-state index in [2.05, 4.69) is 86.2 Å². The number of hydrogen-bond acceptors (Lipinski definition) is 4. The number of ether oxygens (including phenoxy) is 1. The normalized spacial score (nSPS) is 11.4. The van der Waals surface area contributed by atoms with Gasteiger partial charge in [0, 0.05) is 32.5 Å². The fourth-order valence-corrected chi connectivity index (χ4v) is 6.01. The number of para-hydroxylation sites is 1. The molecule has 4 aromatic carbocycles. The number of aromatic nitrogens is 2. The van der Waals surface area contributed by atoms with Crippen LogP contribution in [0.5, 0.6) is 11.5 Å².